The SMILES string of the molecule is CN1CCN(C(=O)N[C@H](C(=O)O)c2ccccc2)CC1. The number of amides is 2. The molecule has 0 spiro atoms. The molecule has 1 saturated heterocycles. The highest BCUT2D eigenvalue weighted by Crippen LogP contribution is 2.13. The quantitative estimate of drug-likeness (QED) is 0.856. The Labute approximate surface area is 118 Å². The van der Waals surface area contributed by atoms with E-state index in [0.29, 0.717) is 18.7 Å². The van der Waals surface area contributed by atoms with Gasteiger partial charge < -0.3 is 20.2 Å². The van der Waals surface area contributed by atoms with Crippen LogP contribution in [-0.4, -0.2) is 60.1 Å². The van der Waals surface area contributed by atoms with Crippen molar-refractivity contribution in [3.8, 4) is 0 Å². The van der Waals surface area contributed by atoms with Crippen molar-refractivity contribution in [3.63, 3.8) is 0 Å². The normalized spacial score (nSPS) is 17.6. The van der Waals surface area contributed by atoms with E-state index in [9.17, 15) is 14.7 Å². The van der Waals surface area contributed by atoms with Crippen molar-refractivity contribution >= 4 is 12.0 Å². The molecule has 6 nitrogen and oxygen atoms in total. The lowest BCUT2D eigenvalue weighted by Gasteiger charge is -2.33. The molecule has 0 bridgehead atoms. The number of nitrogens with one attached hydrogen (secondary N) is 1. The Balaban J connectivity index is 2.02. The van der Waals surface area contributed by atoms with Crippen LogP contribution in [0, 0.1) is 0 Å². The fourth-order valence-electron chi connectivity index (χ4n) is 2.16. The van der Waals surface area contributed by atoms with Gasteiger partial charge in [-0.2, -0.15) is 0 Å². The summed E-state index contributed by atoms with van der Waals surface area (Å²) in [6.45, 7) is 2.83. The molecule has 1 aliphatic heterocycles. The van der Waals surface area contributed by atoms with Crippen LogP contribution in [0.5, 0.6) is 0 Å². The maximum absolute atomic E-state index is 12.1. The maximum Gasteiger partial charge on any atom is 0.330 e. The molecule has 1 aliphatic rings. The third kappa shape index (κ3) is 3.48. The summed E-state index contributed by atoms with van der Waals surface area (Å²) in [6, 6.07) is 7.38. The zero-order chi connectivity index (χ0) is 14.5. The summed E-state index contributed by atoms with van der Waals surface area (Å²) in [5.41, 5.74) is 0.572. The van der Waals surface area contributed by atoms with Gasteiger partial charge in [0, 0.05) is 26.2 Å². The van der Waals surface area contributed by atoms with Crippen LogP contribution in [0.3, 0.4) is 0 Å². The summed E-state index contributed by atoms with van der Waals surface area (Å²) in [4.78, 5) is 27.2. The first-order valence-corrected chi connectivity index (χ1v) is 6.59. The van der Waals surface area contributed by atoms with E-state index in [4.69, 9.17) is 0 Å². The summed E-state index contributed by atoms with van der Waals surface area (Å²) >= 11 is 0. The topological polar surface area (TPSA) is 72.9 Å². The number of carbonyl (C=O) groups excluding carboxylic acids is 1. The number of likely N-dealkylation sites (N-methyl/N-ethyl adjacent to an activating group) is 1. The molecule has 1 atom stereocenters. The monoisotopic (exact) mass is 277 g/mol. The molecule has 0 unspecified atom stereocenters. The van der Waals surface area contributed by atoms with Crippen molar-refractivity contribution in [2.75, 3.05) is 33.2 Å². The van der Waals surface area contributed by atoms with Gasteiger partial charge in [0.05, 0.1) is 0 Å². The molecular formula is C14H19N3O3. The third-order valence-corrected chi connectivity index (χ3v) is 3.44. The highest BCUT2D eigenvalue weighted by molar-refractivity contribution is 5.83. The molecule has 0 radical (unpaired) electrons. The number of nitrogens with zero attached hydrogens (tertiary/aromatic N) is 2. The zero-order valence-electron chi connectivity index (χ0n) is 11.5. The molecule has 1 heterocycles. The first-order valence-electron chi connectivity index (χ1n) is 6.59. The van der Waals surface area contributed by atoms with E-state index in [2.05, 4.69) is 10.2 Å². The lowest BCUT2D eigenvalue weighted by atomic mass is 10.1. The molecule has 6 heteroatoms. The zero-order valence-corrected chi connectivity index (χ0v) is 11.5. The molecule has 1 aromatic rings. The van der Waals surface area contributed by atoms with E-state index >= 15 is 0 Å². The number of hydrogen-bond donors (Lipinski definition) is 2. The highest BCUT2D eigenvalue weighted by atomic mass is 16.4. The number of carboxylic acids is 1. The molecule has 2 amide bonds. The second kappa shape index (κ2) is 6.38. The van der Waals surface area contributed by atoms with Gasteiger partial charge in [0.2, 0.25) is 0 Å². The number of aliphatic carboxylic acids is 1. The molecule has 1 fully saturated rings. The van der Waals surface area contributed by atoms with Gasteiger partial charge in [-0.15, -0.1) is 0 Å². The standard InChI is InChI=1S/C14H19N3O3/c1-16-7-9-17(10-8-16)14(20)15-12(13(18)19)11-5-3-2-4-6-11/h2-6,12H,7-10H2,1H3,(H,15,20)(H,18,19)/t12-/m0/s1. The summed E-state index contributed by atoms with van der Waals surface area (Å²) in [5.74, 6) is -1.06. The van der Waals surface area contributed by atoms with Gasteiger partial charge in [0.25, 0.3) is 0 Å². The van der Waals surface area contributed by atoms with Crippen LogP contribution < -0.4 is 5.32 Å². The smallest absolute Gasteiger partial charge is 0.330 e. The van der Waals surface area contributed by atoms with Crippen LogP contribution in [0.4, 0.5) is 4.79 Å². The Kier molecular flexibility index (Phi) is 4.57. The van der Waals surface area contributed by atoms with Gasteiger partial charge in [-0.05, 0) is 12.6 Å². The first kappa shape index (κ1) is 14.3. The van der Waals surface area contributed by atoms with Crippen molar-refractivity contribution in [2.45, 2.75) is 6.04 Å². The number of piperazine rings is 1. The average molecular weight is 277 g/mol. The Hall–Kier alpha value is -2.08. The predicted octanol–water partition coefficient (Wildman–Crippen LogP) is 0.769. The maximum atomic E-state index is 12.1. The van der Waals surface area contributed by atoms with Crippen LogP contribution in [0.25, 0.3) is 0 Å². The average Bonchev–Trinajstić information content (AvgIpc) is 2.46. The Bertz CT molecular complexity index is 470. The number of rotatable bonds is 3. The van der Waals surface area contributed by atoms with E-state index in [1.807, 2.05) is 13.1 Å². The van der Waals surface area contributed by atoms with Crippen molar-refractivity contribution in [2.24, 2.45) is 0 Å². The molecule has 108 valence electrons. The number of urea groups is 1. The fraction of sp³-hybridized carbons (Fsp3) is 0.429. The minimum Gasteiger partial charge on any atom is -0.479 e. The van der Waals surface area contributed by atoms with Gasteiger partial charge in [0.15, 0.2) is 6.04 Å². The lowest BCUT2D eigenvalue weighted by Crippen LogP contribution is -2.51. The fourth-order valence-corrected chi connectivity index (χ4v) is 2.16. The van der Waals surface area contributed by atoms with Gasteiger partial charge >= 0.3 is 12.0 Å². The lowest BCUT2D eigenvalue weighted by molar-refractivity contribution is -0.139. The van der Waals surface area contributed by atoms with Crippen molar-refractivity contribution in [3.05, 3.63) is 35.9 Å². The molecule has 2 N–H and O–H groups in total. The second-order valence-electron chi connectivity index (χ2n) is 4.92. The Morgan fingerprint density at radius 2 is 1.75 bits per heavy atom. The van der Waals surface area contributed by atoms with E-state index in [1.165, 1.54) is 0 Å². The van der Waals surface area contributed by atoms with Crippen LogP contribution in [0.2, 0.25) is 0 Å². The van der Waals surface area contributed by atoms with Gasteiger partial charge in [0.1, 0.15) is 0 Å². The predicted molar refractivity (Wildman–Crippen MR) is 74.4 cm³/mol. The number of benzene rings is 1. The van der Waals surface area contributed by atoms with E-state index in [0.717, 1.165) is 13.1 Å². The molecule has 0 aliphatic carbocycles. The van der Waals surface area contributed by atoms with Crippen LogP contribution >= 0.6 is 0 Å². The Morgan fingerprint density at radius 1 is 1.15 bits per heavy atom. The highest BCUT2D eigenvalue weighted by Gasteiger charge is 2.26. The van der Waals surface area contributed by atoms with Gasteiger partial charge in [-0.3, -0.25) is 0 Å². The van der Waals surface area contributed by atoms with Crippen molar-refractivity contribution in [1.29, 1.82) is 0 Å². The number of carbonyl (C=O) groups is 2. The number of carboxylic acid groups (broad SMARTS) is 1. The minimum absolute atomic E-state index is 0.325. The van der Waals surface area contributed by atoms with Gasteiger partial charge in [-0.1, -0.05) is 30.3 Å². The molecule has 0 saturated carbocycles. The largest absolute Gasteiger partial charge is 0.479 e. The molecule has 1 aromatic carbocycles. The minimum atomic E-state index is -1.06. The summed E-state index contributed by atoms with van der Waals surface area (Å²) in [5, 5.41) is 11.9. The summed E-state index contributed by atoms with van der Waals surface area (Å²) in [6.07, 6.45) is 0. The number of hydrogen-bond acceptors (Lipinski definition) is 3. The third-order valence-electron chi connectivity index (χ3n) is 3.44. The van der Waals surface area contributed by atoms with Crippen LogP contribution in [0.15, 0.2) is 30.3 Å². The van der Waals surface area contributed by atoms with Crippen molar-refractivity contribution < 1.29 is 14.7 Å². The molecule has 20 heavy (non-hydrogen) atoms. The summed E-state index contributed by atoms with van der Waals surface area (Å²) < 4.78 is 0. The molecular weight excluding hydrogens is 258 g/mol. The van der Waals surface area contributed by atoms with E-state index < -0.39 is 12.0 Å². The van der Waals surface area contributed by atoms with Crippen LogP contribution in [-0.2, 0) is 4.79 Å². The first-order chi connectivity index (χ1) is 9.58. The Morgan fingerprint density at radius 3 is 2.30 bits per heavy atom. The van der Waals surface area contributed by atoms with E-state index in [-0.39, 0.29) is 6.03 Å². The van der Waals surface area contributed by atoms with Crippen LogP contribution in [0.1, 0.15) is 11.6 Å². The van der Waals surface area contributed by atoms with E-state index in [1.54, 1.807) is 29.2 Å². The molecule has 0 aromatic heterocycles. The van der Waals surface area contributed by atoms with Gasteiger partial charge in [-0.25, -0.2) is 9.59 Å². The second-order valence-corrected chi connectivity index (χ2v) is 4.92. The molecule has 2 rings (SSSR count). The van der Waals surface area contributed by atoms with Crippen molar-refractivity contribution in [1.82, 2.24) is 15.1 Å². The summed E-state index contributed by atoms with van der Waals surface area (Å²) in [7, 11) is 2.00.